The van der Waals surface area contributed by atoms with Gasteiger partial charge in [-0.1, -0.05) is 0 Å². The summed E-state index contributed by atoms with van der Waals surface area (Å²) in [7, 11) is 1.31. The second kappa shape index (κ2) is 3.96. The molecular weight excluding hydrogens is 226 g/mol. The van der Waals surface area contributed by atoms with Gasteiger partial charge in [0.2, 0.25) is 0 Å². The summed E-state index contributed by atoms with van der Waals surface area (Å²) in [5.41, 5.74) is -0.856. The van der Waals surface area contributed by atoms with Crippen molar-refractivity contribution in [3.05, 3.63) is 0 Å². The molecule has 1 aliphatic carbocycles. The van der Waals surface area contributed by atoms with E-state index in [2.05, 4.69) is 4.74 Å². The first kappa shape index (κ1) is 12.3. The lowest BCUT2D eigenvalue weighted by Gasteiger charge is -2.35. The number of esters is 1. The molecule has 2 fully saturated rings. The molecule has 96 valence electrons. The third kappa shape index (κ3) is 1.55. The zero-order valence-corrected chi connectivity index (χ0v) is 9.92. The highest BCUT2D eigenvalue weighted by Crippen LogP contribution is 2.51. The third-order valence-electron chi connectivity index (χ3n) is 4.34. The Bertz CT molecular complexity index is 358. The quantitative estimate of drug-likeness (QED) is 0.523. The molecule has 0 aromatic heterocycles. The van der Waals surface area contributed by atoms with Crippen molar-refractivity contribution in [1.29, 1.82) is 0 Å². The van der Waals surface area contributed by atoms with Gasteiger partial charge < -0.3 is 9.84 Å². The number of rotatable bonds is 2. The number of aliphatic hydroxyl groups excluding tert-OH is 1. The minimum absolute atomic E-state index is 0.153. The van der Waals surface area contributed by atoms with E-state index in [1.54, 1.807) is 6.92 Å². The Morgan fingerprint density at radius 3 is 2.82 bits per heavy atom. The molecule has 2 rings (SSSR count). The van der Waals surface area contributed by atoms with E-state index in [-0.39, 0.29) is 24.2 Å². The van der Waals surface area contributed by atoms with Gasteiger partial charge in [0, 0.05) is 5.92 Å². The number of aliphatic hydroxyl groups is 1. The Balaban J connectivity index is 2.23. The van der Waals surface area contributed by atoms with Gasteiger partial charge >= 0.3 is 5.97 Å². The second-order valence-electron chi connectivity index (χ2n) is 4.98. The standard InChI is InChI=1S/C11H17NO5/c1-11-6(5-8(13)17-2)3-4-7(11)9(14)10(15)12(11)16/h6-7,9,14,16H,3-5H2,1-2H3/t6-,7+,9-,11+/m0/s1. The van der Waals surface area contributed by atoms with E-state index in [0.717, 1.165) is 0 Å². The van der Waals surface area contributed by atoms with E-state index in [9.17, 15) is 19.9 Å². The normalized spacial score (nSPS) is 40.6. The molecule has 0 aromatic rings. The lowest BCUT2D eigenvalue weighted by atomic mass is 9.81. The van der Waals surface area contributed by atoms with E-state index in [0.29, 0.717) is 17.9 Å². The highest BCUT2D eigenvalue weighted by Gasteiger charge is 2.62. The maximum Gasteiger partial charge on any atom is 0.305 e. The largest absolute Gasteiger partial charge is 0.469 e. The average Bonchev–Trinajstić information content (AvgIpc) is 2.71. The van der Waals surface area contributed by atoms with Crippen LogP contribution < -0.4 is 0 Å². The summed E-state index contributed by atoms with van der Waals surface area (Å²) < 4.78 is 4.61. The molecule has 6 nitrogen and oxygen atoms in total. The number of hydrogen-bond acceptors (Lipinski definition) is 5. The van der Waals surface area contributed by atoms with Crippen LogP contribution in [0.4, 0.5) is 0 Å². The van der Waals surface area contributed by atoms with Crippen molar-refractivity contribution in [1.82, 2.24) is 5.06 Å². The van der Waals surface area contributed by atoms with Crippen molar-refractivity contribution in [3.63, 3.8) is 0 Å². The van der Waals surface area contributed by atoms with E-state index < -0.39 is 17.6 Å². The zero-order valence-electron chi connectivity index (χ0n) is 9.92. The van der Waals surface area contributed by atoms with Crippen molar-refractivity contribution in [3.8, 4) is 0 Å². The van der Waals surface area contributed by atoms with Crippen LogP contribution >= 0.6 is 0 Å². The van der Waals surface area contributed by atoms with Gasteiger partial charge in [0.05, 0.1) is 19.1 Å². The van der Waals surface area contributed by atoms with Crippen LogP contribution in [0, 0.1) is 11.8 Å². The van der Waals surface area contributed by atoms with Gasteiger partial charge in [-0.15, -0.1) is 0 Å². The van der Waals surface area contributed by atoms with Gasteiger partial charge in [-0.3, -0.25) is 14.8 Å². The summed E-state index contributed by atoms with van der Waals surface area (Å²) in [5, 5.41) is 20.2. The van der Waals surface area contributed by atoms with Crippen LogP contribution in [0.25, 0.3) is 0 Å². The predicted octanol–water partition coefficient (Wildman–Crippen LogP) is -0.0733. The molecule has 0 unspecified atom stereocenters. The van der Waals surface area contributed by atoms with Crippen molar-refractivity contribution in [2.24, 2.45) is 11.8 Å². The molecule has 1 saturated heterocycles. The molecule has 0 spiro atoms. The summed E-state index contributed by atoms with van der Waals surface area (Å²) in [4.78, 5) is 22.8. The minimum atomic E-state index is -1.16. The topological polar surface area (TPSA) is 87.1 Å². The molecule has 1 saturated carbocycles. The van der Waals surface area contributed by atoms with Crippen LogP contribution in [0.2, 0.25) is 0 Å². The fourth-order valence-corrected chi connectivity index (χ4v) is 3.20. The molecule has 17 heavy (non-hydrogen) atoms. The van der Waals surface area contributed by atoms with E-state index in [4.69, 9.17) is 0 Å². The van der Waals surface area contributed by atoms with E-state index >= 15 is 0 Å². The number of carbonyl (C=O) groups excluding carboxylic acids is 2. The highest BCUT2D eigenvalue weighted by molar-refractivity contribution is 5.84. The molecule has 4 atom stereocenters. The Morgan fingerprint density at radius 1 is 1.59 bits per heavy atom. The van der Waals surface area contributed by atoms with Crippen LogP contribution in [0.1, 0.15) is 26.2 Å². The summed E-state index contributed by atoms with van der Waals surface area (Å²) >= 11 is 0. The molecule has 1 amide bonds. The van der Waals surface area contributed by atoms with Gasteiger partial charge in [0.15, 0.2) is 0 Å². The first-order valence-corrected chi connectivity index (χ1v) is 5.70. The van der Waals surface area contributed by atoms with Gasteiger partial charge in [0.1, 0.15) is 6.10 Å². The maximum atomic E-state index is 11.5. The molecule has 6 heteroatoms. The lowest BCUT2D eigenvalue weighted by Crippen LogP contribution is -2.47. The summed E-state index contributed by atoms with van der Waals surface area (Å²) in [6.45, 7) is 1.71. The number of methoxy groups -OCH3 is 1. The zero-order chi connectivity index (χ0) is 12.8. The Labute approximate surface area is 99.1 Å². The fraction of sp³-hybridized carbons (Fsp3) is 0.818. The fourth-order valence-electron chi connectivity index (χ4n) is 3.20. The van der Waals surface area contributed by atoms with Crippen LogP contribution in [0.3, 0.4) is 0 Å². The molecule has 1 heterocycles. The molecule has 0 radical (unpaired) electrons. The number of hydroxylamine groups is 2. The molecule has 2 aliphatic rings. The van der Waals surface area contributed by atoms with Crippen molar-refractivity contribution in [2.75, 3.05) is 7.11 Å². The second-order valence-corrected chi connectivity index (χ2v) is 4.98. The SMILES string of the molecule is COC(=O)C[C@@H]1CC[C@@H]2[C@H](O)C(=O)N(O)[C@]12C. The first-order chi connectivity index (χ1) is 7.92. The summed E-state index contributed by atoms with van der Waals surface area (Å²) in [5.74, 6) is -1.52. The van der Waals surface area contributed by atoms with Gasteiger partial charge in [-0.05, 0) is 25.7 Å². The lowest BCUT2D eigenvalue weighted by molar-refractivity contribution is -0.189. The predicted molar refractivity (Wildman–Crippen MR) is 55.9 cm³/mol. The van der Waals surface area contributed by atoms with Gasteiger partial charge in [-0.2, -0.15) is 0 Å². The van der Waals surface area contributed by atoms with Crippen LogP contribution in [0.15, 0.2) is 0 Å². The van der Waals surface area contributed by atoms with E-state index in [1.807, 2.05) is 0 Å². The van der Waals surface area contributed by atoms with Crippen LogP contribution in [-0.2, 0) is 14.3 Å². The number of nitrogens with zero attached hydrogens (tertiary/aromatic N) is 1. The van der Waals surface area contributed by atoms with Crippen molar-refractivity contribution >= 4 is 11.9 Å². The Hall–Kier alpha value is -1.14. The van der Waals surface area contributed by atoms with Crippen LogP contribution in [-0.4, -0.2) is 46.0 Å². The average molecular weight is 243 g/mol. The smallest absolute Gasteiger partial charge is 0.305 e. The maximum absolute atomic E-state index is 11.5. The minimum Gasteiger partial charge on any atom is -0.469 e. The summed E-state index contributed by atoms with van der Waals surface area (Å²) in [6, 6.07) is 0. The van der Waals surface area contributed by atoms with E-state index in [1.165, 1.54) is 7.11 Å². The van der Waals surface area contributed by atoms with Crippen molar-refractivity contribution in [2.45, 2.75) is 37.8 Å². The summed E-state index contributed by atoms with van der Waals surface area (Å²) in [6.07, 6.45) is 0.313. The number of fused-ring (bicyclic) bond motifs is 1. The number of ether oxygens (including phenoxy) is 1. The van der Waals surface area contributed by atoms with Gasteiger partial charge in [-0.25, -0.2) is 5.06 Å². The third-order valence-corrected chi connectivity index (χ3v) is 4.34. The first-order valence-electron chi connectivity index (χ1n) is 5.70. The number of carbonyl (C=O) groups is 2. The highest BCUT2D eigenvalue weighted by atomic mass is 16.5. The number of hydrogen-bond donors (Lipinski definition) is 2. The molecule has 0 aromatic carbocycles. The van der Waals surface area contributed by atoms with Crippen LogP contribution in [0.5, 0.6) is 0 Å². The monoisotopic (exact) mass is 243 g/mol. The number of amides is 1. The molecule has 0 bridgehead atoms. The Kier molecular flexibility index (Phi) is 2.87. The van der Waals surface area contributed by atoms with Crippen molar-refractivity contribution < 1.29 is 24.6 Å². The molecule has 1 aliphatic heterocycles. The Morgan fingerprint density at radius 2 is 2.24 bits per heavy atom. The van der Waals surface area contributed by atoms with Gasteiger partial charge in [0.25, 0.3) is 5.91 Å². The molecular formula is C11H17NO5. The molecule has 2 N–H and O–H groups in total.